The van der Waals surface area contributed by atoms with Crippen LogP contribution in [-0.2, 0) is 11.4 Å². The molecule has 2 aliphatic rings. The van der Waals surface area contributed by atoms with Gasteiger partial charge in [0.25, 0.3) is 0 Å². The van der Waals surface area contributed by atoms with E-state index in [0.29, 0.717) is 10.3 Å². The van der Waals surface area contributed by atoms with Crippen LogP contribution in [0.2, 0.25) is 0 Å². The van der Waals surface area contributed by atoms with Crippen molar-refractivity contribution in [2.24, 2.45) is 4.99 Å². The maximum Gasteiger partial charge on any atom is 0.416 e. The Bertz CT molecular complexity index is 834. The summed E-state index contributed by atoms with van der Waals surface area (Å²) in [4.78, 5) is 4.12. The van der Waals surface area contributed by atoms with Crippen LogP contribution >= 0.6 is 0 Å². The van der Waals surface area contributed by atoms with E-state index >= 15 is 0 Å². The molecule has 1 N–H and O–H groups in total. The molecule has 0 saturated carbocycles. The van der Waals surface area contributed by atoms with E-state index in [1.165, 1.54) is 12.1 Å². The van der Waals surface area contributed by atoms with E-state index in [1.54, 1.807) is 27.7 Å². The quantitative estimate of drug-likeness (QED) is 0.788. The molecule has 24 heavy (non-hydrogen) atoms. The van der Waals surface area contributed by atoms with Crippen LogP contribution in [0.5, 0.6) is 0 Å². The number of fused-ring (bicyclic) bond motifs is 1. The van der Waals surface area contributed by atoms with Gasteiger partial charge in [0.05, 0.1) is 22.0 Å². The Balaban J connectivity index is 2.18. The molecule has 3 rings (SSSR count). The SMILES string of the molecule is CC1(C)N([O])/C(=C2\C=c3ccc(C(F)(F)F)cc3=N2)N(O)C1(C)C. The smallest absolute Gasteiger partial charge is 0.286 e. The molecule has 0 spiro atoms. The molecule has 1 aromatic carbocycles. The van der Waals surface area contributed by atoms with Crippen LogP contribution < -0.4 is 10.6 Å². The van der Waals surface area contributed by atoms with Gasteiger partial charge in [-0.2, -0.15) is 18.2 Å². The van der Waals surface area contributed by atoms with E-state index in [4.69, 9.17) is 0 Å². The molecule has 0 bridgehead atoms. The van der Waals surface area contributed by atoms with Crippen molar-refractivity contribution in [1.29, 1.82) is 0 Å². The zero-order valence-electron chi connectivity index (χ0n) is 13.6. The predicted molar refractivity (Wildman–Crippen MR) is 78.0 cm³/mol. The third-order valence-electron chi connectivity index (χ3n) is 5.05. The van der Waals surface area contributed by atoms with E-state index in [2.05, 4.69) is 4.99 Å². The van der Waals surface area contributed by atoms with Crippen LogP contribution in [0.3, 0.4) is 0 Å². The van der Waals surface area contributed by atoms with Crippen molar-refractivity contribution in [3.8, 4) is 0 Å². The lowest BCUT2D eigenvalue weighted by molar-refractivity contribution is -0.181. The molecular formula is C16H17F3N3O2. The molecule has 1 radical (unpaired) electrons. The summed E-state index contributed by atoms with van der Waals surface area (Å²) >= 11 is 0. The topological polar surface area (TPSA) is 59.0 Å². The Hall–Kier alpha value is -2.06. The molecule has 1 aromatic rings. The summed E-state index contributed by atoms with van der Waals surface area (Å²) in [6.07, 6.45) is -2.97. The summed E-state index contributed by atoms with van der Waals surface area (Å²) in [5.41, 5.74) is -2.51. The van der Waals surface area contributed by atoms with Gasteiger partial charge in [-0.1, -0.05) is 11.3 Å². The largest absolute Gasteiger partial charge is 0.416 e. The summed E-state index contributed by atoms with van der Waals surface area (Å²) < 4.78 is 38.4. The number of hydroxylamine groups is 4. The number of hydrogen-bond donors (Lipinski definition) is 1. The van der Waals surface area contributed by atoms with Crippen molar-refractivity contribution in [3.05, 3.63) is 45.9 Å². The summed E-state index contributed by atoms with van der Waals surface area (Å²) in [5.74, 6) is -0.0743. The highest BCUT2D eigenvalue weighted by Crippen LogP contribution is 2.44. The highest BCUT2D eigenvalue weighted by Gasteiger charge is 2.57. The third-order valence-corrected chi connectivity index (χ3v) is 5.05. The summed E-state index contributed by atoms with van der Waals surface area (Å²) in [7, 11) is 0. The monoisotopic (exact) mass is 340 g/mol. The van der Waals surface area contributed by atoms with Crippen molar-refractivity contribution < 1.29 is 23.6 Å². The Kier molecular flexibility index (Phi) is 3.31. The molecule has 1 saturated heterocycles. The fraction of sp³-hybridized carbons (Fsp3) is 0.438. The molecule has 0 aromatic heterocycles. The maximum absolute atomic E-state index is 12.8. The number of halogens is 3. The first-order chi connectivity index (χ1) is 10.9. The second-order valence-electron chi connectivity index (χ2n) is 6.96. The lowest BCUT2D eigenvalue weighted by atomic mass is 9.84. The minimum absolute atomic E-state index is 0.0743. The Morgan fingerprint density at radius 3 is 2.25 bits per heavy atom. The number of nitrogens with zero attached hydrogens (tertiary/aromatic N) is 3. The van der Waals surface area contributed by atoms with Gasteiger partial charge < -0.3 is 0 Å². The van der Waals surface area contributed by atoms with Gasteiger partial charge in [0, 0.05) is 5.22 Å². The zero-order valence-corrected chi connectivity index (χ0v) is 13.6. The van der Waals surface area contributed by atoms with Gasteiger partial charge in [-0.3, -0.25) is 5.21 Å². The average Bonchev–Trinajstić information content (AvgIpc) is 2.92. The van der Waals surface area contributed by atoms with Gasteiger partial charge in [-0.15, -0.1) is 0 Å². The number of hydrogen-bond acceptors (Lipinski definition) is 4. The zero-order chi connectivity index (χ0) is 18.1. The molecule has 1 fully saturated rings. The van der Waals surface area contributed by atoms with E-state index in [-0.39, 0.29) is 16.9 Å². The van der Waals surface area contributed by atoms with Crippen LogP contribution in [0.1, 0.15) is 33.3 Å². The van der Waals surface area contributed by atoms with Crippen molar-refractivity contribution in [1.82, 2.24) is 10.1 Å². The fourth-order valence-electron chi connectivity index (χ4n) is 2.70. The summed E-state index contributed by atoms with van der Waals surface area (Å²) in [6, 6.07) is 3.20. The van der Waals surface area contributed by atoms with Crippen molar-refractivity contribution >= 4 is 6.08 Å². The molecular weight excluding hydrogens is 323 g/mol. The minimum Gasteiger partial charge on any atom is -0.286 e. The molecule has 0 amide bonds. The Labute approximate surface area is 136 Å². The van der Waals surface area contributed by atoms with E-state index in [0.717, 1.165) is 17.2 Å². The second-order valence-corrected chi connectivity index (χ2v) is 6.96. The first-order valence-electron chi connectivity index (χ1n) is 7.36. The third kappa shape index (κ3) is 2.13. The molecule has 0 unspecified atom stereocenters. The van der Waals surface area contributed by atoms with Crippen LogP contribution in [-0.4, -0.2) is 26.4 Å². The van der Waals surface area contributed by atoms with Gasteiger partial charge in [-0.25, -0.2) is 10.1 Å². The Morgan fingerprint density at radius 2 is 1.75 bits per heavy atom. The maximum atomic E-state index is 12.8. The minimum atomic E-state index is -4.47. The number of alkyl halides is 3. The van der Waals surface area contributed by atoms with Gasteiger partial charge in [0.15, 0.2) is 5.82 Å². The highest BCUT2D eigenvalue weighted by atomic mass is 19.4. The van der Waals surface area contributed by atoms with Gasteiger partial charge in [0.1, 0.15) is 5.70 Å². The van der Waals surface area contributed by atoms with E-state index < -0.39 is 22.8 Å². The number of allylic oxidation sites excluding steroid dienone is 1. The van der Waals surface area contributed by atoms with E-state index in [9.17, 15) is 23.6 Å². The molecule has 0 atom stereocenters. The van der Waals surface area contributed by atoms with Crippen molar-refractivity contribution in [3.63, 3.8) is 0 Å². The fourth-order valence-corrected chi connectivity index (χ4v) is 2.70. The first-order valence-corrected chi connectivity index (χ1v) is 7.36. The van der Waals surface area contributed by atoms with Gasteiger partial charge >= 0.3 is 6.18 Å². The average molecular weight is 340 g/mol. The number of rotatable bonds is 0. The highest BCUT2D eigenvalue weighted by molar-refractivity contribution is 5.52. The molecule has 8 heteroatoms. The summed E-state index contributed by atoms with van der Waals surface area (Å²) in [5, 5.41) is 25.1. The Morgan fingerprint density at radius 1 is 1.12 bits per heavy atom. The van der Waals surface area contributed by atoms with Gasteiger partial charge in [0.2, 0.25) is 0 Å². The van der Waals surface area contributed by atoms with Crippen LogP contribution in [0.4, 0.5) is 13.2 Å². The predicted octanol–water partition coefficient (Wildman–Crippen LogP) is 2.20. The van der Waals surface area contributed by atoms with Crippen LogP contribution in [0.15, 0.2) is 34.7 Å². The lowest BCUT2D eigenvalue weighted by Crippen LogP contribution is -2.52. The van der Waals surface area contributed by atoms with E-state index in [1.807, 2.05) is 0 Å². The normalized spacial score (nSPS) is 24.7. The van der Waals surface area contributed by atoms with Crippen LogP contribution in [0.25, 0.3) is 6.08 Å². The van der Waals surface area contributed by atoms with Crippen LogP contribution in [0, 0.1) is 0 Å². The molecule has 2 aliphatic heterocycles. The standard InChI is InChI=1S/C16H17F3N3O2/c1-14(2)15(3,4)22(24)13(21(14)23)12-7-9-5-6-10(16(17,18)19)8-11(9)20-12/h5-8,23H,1-4H3/b13-12+. The second kappa shape index (κ2) is 4.73. The van der Waals surface area contributed by atoms with Gasteiger partial charge in [-0.05, 0) is 45.9 Å². The molecule has 129 valence electrons. The molecule has 5 nitrogen and oxygen atoms in total. The summed E-state index contributed by atoms with van der Waals surface area (Å²) in [6.45, 7) is 6.77. The van der Waals surface area contributed by atoms with Crippen molar-refractivity contribution in [2.75, 3.05) is 0 Å². The van der Waals surface area contributed by atoms with Crippen molar-refractivity contribution in [2.45, 2.75) is 44.9 Å². The first kappa shape index (κ1) is 16.8. The number of benzene rings is 1. The molecule has 0 aliphatic carbocycles. The molecule has 2 heterocycles. The lowest BCUT2D eigenvalue weighted by Gasteiger charge is -2.36.